The second kappa shape index (κ2) is 4.10. The molecule has 1 aliphatic carbocycles. The van der Waals surface area contributed by atoms with Crippen LogP contribution >= 0.6 is 0 Å². The molecule has 1 aromatic rings. The molecule has 1 aliphatic heterocycles. The van der Waals surface area contributed by atoms with E-state index in [9.17, 15) is 5.11 Å². The molecule has 86 valence electrons. The number of benzene rings is 1. The second-order valence-electron chi connectivity index (χ2n) is 5.03. The van der Waals surface area contributed by atoms with E-state index in [1.165, 1.54) is 42.4 Å². The van der Waals surface area contributed by atoms with Crippen molar-refractivity contribution >= 4 is 0 Å². The predicted molar refractivity (Wildman–Crippen MR) is 65.0 cm³/mol. The minimum atomic E-state index is 0.523. The highest BCUT2D eigenvalue weighted by Gasteiger charge is 2.25. The molecule has 1 unspecified atom stereocenters. The first-order valence-electron chi connectivity index (χ1n) is 6.40. The molecule has 1 aromatic carbocycles. The number of hydrogen-bond acceptors (Lipinski definition) is 2. The van der Waals surface area contributed by atoms with E-state index in [2.05, 4.69) is 11.4 Å². The largest absolute Gasteiger partial charge is 0.508 e. The SMILES string of the molecule is Oc1ccc2c(c1C1CCCNC1)CCC2. The van der Waals surface area contributed by atoms with E-state index in [1.54, 1.807) is 0 Å². The predicted octanol–water partition coefficient (Wildman–Crippen LogP) is 2.35. The van der Waals surface area contributed by atoms with Crippen LogP contribution in [0.25, 0.3) is 0 Å². The van der Waals surface area contributed by atoms with Gasteiger partial charge in [-0.15, -0.1) is 0 Å². The Labute approximate surface area is 96.7 Å². The van der Waals surface area contributed by atoms with Crippen LogP contribution in [0.4, 0.5) is 0 Å². The Balaban J connectivity index is 2.01. The van der Waals surface area contributed by atoms with E-state index >= 15 is 0 Å². The van der Waals surface area contributed by atoms with E-state index in [1.807, 2.05) is 6.07 Å². The molecular formula is C14H19NO. The minimum Gasteiger partial charge on any atom is -0.508 e. The van der Waals surface area contributed by atoms with Gasteiger partial charge in [0.1, 0.15) is 5.75 Å². The maximum atomic E-state index is 10.1. The van der Waals surface area contributed by atoms with Crippen LogP contribution in [-0.4, -0.2) is 18.2 Å². The Morgan fingerprint density at radius 2 is 2.12 bits per heavy atom. The lowest BCUT2D eigenvalue weighted by Gasteiger charge is -2.26. The fourth-order valence-corrected chi connectivity index (χ4v) is 3.24. The van der Waals surface area contributed by atoms with Crippen LogP contribution in [0.3, 0.4) is 0 Å². The van der Waals surface area contributed by atoms with Crippen molar-refractivity contribution in [3.63, 3.8) is 0 Å². The third-order valence-corrected chi connectivity index (χ3v) is 4.01. The first kappa shape index (κ1) is 10.2. The van der Waals surface area contributed by atoms with Crippen molar-refractivity contribution in [2.45, 2.75) is 38.0 Å². The average Bonchev–Trinajstić information content (AvgIpc) is 2.78. The number of phenols is 1. The Bertz CT molecular complexity index is 394. The zero-order valence-electron chi connectivity index (χ0n) is 9.63. The van der Waals surface area contributed by atoms with Crippen molar-refractivity contribution in [1.29, 1.82) is 0 Å². The van der Waals surface area contributed by atoms with Gasteiger partial charge < -0.3 is 10.4 Å². The summed E-state index contributed by atoms with van der Waals surface area (Å²) in [4.78, 5) is 0. The molecule has 1 atom stereocenters. The normalized spacial score (nSPS) is 24.4. The molecule has 0 spiro atoms. The number of hydrogen-bond donors (Lipinski definition) is 2. The molecule has 1 heterocycles. The molecule has 2 nitrogen and oxygen atoms in total. The maximum Gasteiger partial charge on any atom is 0.119 e. The number of rotatable bonds is 1. The van der Waals surface area contributed by atoms with Gasteiger partial charge in [-0.1, -0.05) is 6.07 Å². The highest BCUT2D eigenvalue weighted by Crippen LogP contribution is 2.38. The Morgan fingerprint density at radius 1 is 1.19 bits per heavy atom. The fraction of sp³-hybridized carbons (Fsp3) is 0.571. The number of nitrogens with one attached hydrogen (secondary N) is 1. The van der Waals surface area contributed by atoms with Crippen LogP contribution in [-0.2, 0) is 12.8 Å². The highest BCUT2D eigenvalue weighted by atomic mass is 16.3. The van der Waals surface area contributed by atoms with Gasteiger partial charge in [-0.25, -0.2) is 0 Å². The van der Waals surface area contributed by atoms with Crippen LogP contribution in [0.1, 0.15) is 41.9 Å². The van der Waals surface area contributed by atoms with Gasteiger partial charge in [0, 0.05) is 18.0 Å². The quantitative estimate of drug-likeness (QED) is 0.757. The van der Waals surface area contributed by atoms with E-state index < -0.39 is 0 Å². The topological polar surface area (TPSA) is 32.3 Å². The van der Waals surface area contributed by atoms with Gasteiger partial charge in [-0.2, -0.15) is 0 Å². The highest BCUT2D eigenvalue weighted by molar-refractivity contribution is 5.48. The van der Waals surface area contributed by atoms with Crippen molar-refractivity contribution in [2.75, 3.05) is 13.1 Å². The van der Waals surface area contributed by atoms with Crippen LogP contribution in [0.5, 0.6) is 5.75 Å². The first-order valence-corrected chi connectivity index (χ1v) is 6.40. The lowest BCUT2D eigenvalue weighted by atomic mass is 9.86. The van der Waals surface area contributed by atoms with Crippen LogP contribution in [0.2, 0.25) is 0 Å². The Morgan fingerprint density at radius 3 is 2.94 bits per heavy atom. The van der Waals surface area contributed by atoms with Gasteiger partial charge in [0.2, 0.25) is 0 Å². The molecule has 0 aromatic heterocycles. The standard InChI is InChI=1S/C14H19NO/c16-13-7-6-10-3-1-5-12(10)14(13)11-4-2-8-15-9-11/h6-7,11,15-16H,1-5,8-9H2. The molecule has 1 fully saturated rings. The van der Waals surface area contributed by atoms with Gasteiger partial charge in [-0.05, 0) is 55.8 Å². The number of aromatic hydroxyl groups is 1. The molecule has 2 heteroatoms. The van der Waals surface area contributed by atoms with Crippen molar-refractivity contribution < 1.29 is 5.11 Å². The van der Waals surface area contributed by atoms with Crippen LogP contribution in [0, 0.1) is 0 Å². The van der Waals surface area contributed by atoms with Crippen molar-refractivity contribution in [3.05, 3.63) is 28.8 Å². The summed E-state index contributed by atoms with van der Waals surface area (Å²) < 4.78 is 0. The summed E-state index contributed by atoms with van der Waals surface area (Å²) >= 11 is 0. The van der Waals surface area contributed by atoms with Gasteiger partial charge in [0.05, 0.1) is 0 Å². The maximum absolute atomic E-state index is 10.1. The molecule has 3 rings (SSSR count). The zero-order chi connectivity index (χ0) is 11.0. The number of aryl methyl sites for hydroxylation is 1. The lowest BCUT2D eigenvalue weighted by Crippen LogP contribution is -2.29. The first-order chi connectivity index (χ1) is 7.86. The summed E-state index contributed by atoms with van der Waals surface area (Å²) in [6, 6.07) is 4.01. The fourth-order valence-electron chi connectivity index (χ4n) is 3.24. The molecule has 2 N–H and O–H groups in total. The van der Waals surface area contributed by atoms with E-state index in [4.69, 9.17) is 0 Å². The summed E-state index contributed by atoms with van der Waals surface area (Å²) in [7, 11) is 0. The molecule has 16 heavy (non-hydrogen) atoms. The van der Waals surface area contributed by atoms with Gasteiger partial charge in [-0.3, -0.25) is 0 Å². The summed E-state index contributed by atoms with van der Waals surface area (Å²) in [6.45, 7) is 2.16. The number of piperidine rings is 1. The smallest absolute Gasteiger partial charge is 0.119 e. The molecule has 0 amide bonds. The summed E-state index contributed by atoms with van der Waals surface area (Å²) in [5.41, 5.74) is 4.18. The van der Waals surface area contributed by atoms with Gasteiger partial charge in [0.25, 0.3) is 0 Å². The third kappa shape index (κ3) is 1.61. The van der Waals surface area contributed by atoms with Crippen molar-refractivity contribution in [1.82, 2.24) is 5.32 Å². The lowest BCUT2D eigenvalue weighted by molar-refractivity contribution is 0.423. The Hall–Kier alpha value is -1.02. The van der Waals surface area contributed by atoms with Gasteiger partial charge >= 0.3 is 0 Å². The van der Waals surface area contributed by atoms with E-state index in [0.29, 0.717) is 11.7 Å². The summed E-state index contributed by atoms with van der Waals surface area (Å²) in [5.74, 6) is 1.05. The van der Waals surface area contributed by atoms with Crippen molar-refractivity contribution in [3.8, 4) is 5.75 Å². The van der Waals surface area contributed by atoms with Crippen LogP contribution < -0.4 is 5.32 Å². The Kier molecular flexibility index (Phi) is 2.60. The second-order valence-corrected chi connectivity index (χ2v) is 5.03. The monoisotopic (exact) mass is 217 g/mol. The zero-order valence-corrected chi connectivity index (χ0v) is 9.63. The molecular weight excluding hydrogens is 198 g/mol. The number of fused-ring (bicyclic) bond motifs is 1. The van der Waals surface area contributed by atoms with Crippen molar-refractivity contribution in [2.24, 2.45) is 0 Å². The molecule has 0 bridgehead atoms. The molecule has 0 radical (unpaired) electrons. The molecule has 1 saturated heterocycles. The number of phenolic OH excluding ortho intramolecular Hbond substituents is 1. The van der Waals surface area contributed by atoms with Gasteiger partial charge in [0.15, 0.2) is 0 Å². The average molecular weight is 217 g/mol. The van der Waals surface area contributed by atoms with E-state index in [-0.39, 0.29) is 0 Å². The van der Waals surface area contributed by atoms with Crippen LogP contribution in [0.15, 0.2) is 12.1 Å². The molecule has 2 aliphatic rings. The third-order valence-electron chi connectivity index (χ3n) is 4.01. The molecule has 0 saturated carbocycles. The van der Waals surface area contributed by atoms with E-state index in [0.717, 1.165) is 19.5 Å². The summed E-state index contributed by atoms with van der Waals surface area (Å²) in [6.07, 6.45) is 6.06. The minimum absolute atomic E-state index is 0.523. The summed E-state index contributed by atoms with van der Waals surface area (Å²) in [5, 5.41) is 13.5.